The molecule has 0 radical (unpaired) electrons. The van der Waals surface area contributed by atoms with Crippen LogP contribution in [0.3, 0.4) is 0 Å². The SMILES string of the molecule is CC(c1ccccc1)N(C)C(=O)CN(C)Cc1cnc(N)s1. The number of likely N-dealkylation sites (N-methyl/N-ethyl adjacent to an activating group) is 2. The van der Waals surface area contributed by atoms with Crippen molar-refractivity contribution in [1.29, 1.82) is 0 Å². The second-order valence-corrected chi connectivity index (χ2v) is 6.58. The molecule has 0 aliphatic heterocycles. The van der Waals surface area contributed by atoms with E-state index in [1.807, 2.05) is 56.3 Å². The molecule has 0 saturated carbocycles. The van der Waals surface area contributed by atoms with E-state index in [0.29, 0.717) is 18.2 Å². The zero-order chi connectivity index (χ0) is 16.1. The number of rotatable bonds is 6. The van der Waals surface area contributed by atoms with Gasteiger partial charge in [-0.25, -0.2) is 4.98 Å². The number of nitrogens with two attached hydrogens (primary N) is 1. The normalized spacial score (nSPS) is 12.4. The van der Waals surface area contributed by atoms with E-state index in [0.717, 1.165) is 10.4 Å². The zero-order valence-corrected chi connectivity index (χ0v) is 14.0. The number of aromatic nitrogens is 1. The highest BCUT2D eigenvalue weighted by atomic mass is 32.1. The van der Waals surface area contributed by atoms with Crippen molar-refractivity contribution in [3.8, 4) is 0 Å². The molecule has 5 nitrogen and oxygen atoms in total. The summed E-state index contributed by atoms with van der Waals surface area (Å²) in [5, 5.41) is 0.560. The summed E-state index contributed by atoms with van der Waals surface area (Å²) in [6.07, 6.45) is 1.76. The Labute approximate surface area is 135 Å². The molecule has 0 fully saturated rings. The molecule has 1 unspecified atom stereocenters. The standard InChI is InChI=1S/C16H22N4OS/c1-12(13-7-5-4-6-8-13)20(3)15(21)11-19(2)10-14-9-18-16(17)22-14/h4-9,12H,10-11H2,1-3H3,(H2,17,18). The Morgan fingerprint density at radius 1 is 1.32 bits per heavy atom. The predicted octanol–water partition coefficient (Wildman–Crippen LogP) is 2.38. The van der Waals surface area contributed by atoms with Crippen LogP contribution < -0.4 is 5.73 Å². The molecule has 2 rings (SSSR count). The van der Waals surface area contributed by atoms with Crippen molar-refractivity contribution in [3.05, 3.63) is 47.0 Å². The van der Waals surface area contributed by atoms with Crippen molar-refractivity contribution in [3.63, 3.8) is 0 Å². The van der Waals surface area contributed by atoms with Crippen LogP contribution in [0.4, 0.5) is 5.13 Å². The number of nitrogens with zero attached hydrogens (tertiary/aromatic N) is 3. The molecule has 1 aromatic heterocycles. The first-order valence-electron chi connectivity index (χ1n) is 7.16. The van der Waals surface area contributed by atoms with E-state index in [9.17, 15) is 4.79 Å². The first-order chi connectivity index (χ1) is 10.5. The summed E-state index contributed by atoms with van der Waals surface area (Å²) in [5.74, 6) is 0.0938. The fourth-order valence-electron chi connectivity index (χ4n) is 2.23. The van der Waals surface area contributed by atoms with Crippen molar-refractivity contribution in [2.75, 3.05) is 26.4 Å². The summed E-state index contributed by atoms with van der Waals surface area (Å²) in [6, 6.07) is 10.1. The molecular formula is C16H22N4OS. The maximum absolute atomic E-state index is 12.4. The predicted molar refractivity (Wildman–Crippen MR) is 90.5 cm³/mol. The van der Waals surface area contributed by atoms with E-state index in [1.165, 1.54) is 11.3 Å². The van der Waals surface area contributed by atoms with Gasteiger partial charge in [0.1, 0.15) is 0 Å². The van der Waals surface area contributed by atoms with E-state index in [-0.39, 0.29) is 11.9 Å². The monoisotopic (exact) mass is 318 g/mol. The molecule has 22 heavy (non-hydrogen) atoms. The van der Waals surface area contributed by atoms with Crippen LogP contribution in [-0.4, -0.2) is 41.3 Å². The minimum atomic E-state index is 0.0566. The molecule has 118 valence electrons. The van der Waals surface area contributed by atoms with Crippen molar-refractivity contribution in [2.45, 2.75) is 19.5 Å². The Morgan fingerprint density at radius 3 is 2.59 bits per heavy atom. The fourth-order valence-corrected chi connectivity index (χ4v) is 3.00. The average molecular weight is 318 g/mol. The Kier molecular flexibility index (Phi) is 5.51. The third-order valence-electron chi connectivity index (χ3n) is 3.66. The van der Waals surface area contributed by atoms with Crippen LogP contribution in [0, 0.1) is 0 Å². The maximum atomic E-state index is 12.4. The molecule has 1 amide bonds. The third-order valence-corrected chi connectivity index (χ3v) is 4.47. The van der Waals surface area contributed by atoms with E-state index in [1.54, 1.807) is 11.1 Å². The largest absolute Gasteiger partial charge is 0.375 e. The number of anilines is 1. The molecule has 1 aromatic carbocycles. The van der Waals surface area contributed by atoms with Crippen LogP contribution in [0.15, 0.2) is 36.5 Å². The van der Waals surface area contributed by atoms with Crippen LogP contribution in [-0.2, 0) is 11.3 Å². The van der Waals surface area contributed by atoms with Gasteiger partial charge in [-0.1, -0.05) is 30.3 Å². The van der Waals surface area contributed by atoms with Crippen molar-refractivity contribution < 1.29 is 4.79 Å². The maximum Gasteiger partial charge on any atom is 0.236 e. The first-order valence-corrected chi connectivity index (χ1v) is 7.98. The van der Waals surface area contributed by atoms with Crippen LogP contribution in [0.1, 0.15) is 23.4 Å². The second-order valence-electron chi connectivity index (χ2n) is 5.43. The van der Waals surface area contributed by atoms with E-state index in [2.05, 4.69) is 4.98 Å². The number of carbonyl (C=O) groups is 1. The molecule has 0 aliphatic rings. The number of hydrogen-bond donors (Lipinski definition) is 1. The summed E-state index contributed by atoms with van der Waals surface area (Å²) in [6.45, 7) is 3.08. The van der Waals surface area contributed by atoms with Gasteiger partial charge in [-0.15, -0.1) is 11.3 Å². The molecule has 0 bridgehead atoms. The molecule has 0 aliphatic carbocycles. The number of hydrogen-bond acceptors (Lipinski definition) is 5. The van der Waals surface area contributed by atoms with Crippen LogP contribution in [0.25, 0.3) is 0 Å². The highest BCUT2D eigenvalue weighted by Gasteiger charge is 2.18. The Bertz CT molecular complexity index is 614. The number of carbonyl (C=O) groups excluding carboxylic acids is 1. The molecular weight excluding hydrogens is 296 g/mol. The summed E-state index contributed by atoms with van der Waals surface area (Å²) in [7, 11) is 3.77. The molecule has 2 N–H and O–H groups in total. The summed E-state index contributed by atoms with van der Waals surface area (Å²) >= 11 is 1.45. The van der Waals surface area contributed by atoms with Gasteiger partial charge in [0, 0.05) is 24.7 Å². The lowest BCUT2D eigenvalue weighted by Crippen LogP contribution is -2.37. The van der Waals surface area contributed by atoms with Crippen molar-refractivity contribution in [1.82, 2.24) is 14.8 Å². The molecule has 6 heteroatoms. The van der Waals surface area contributed by atoms with Crippen LogP contribution >= 0.6 is 11.3 Å². The summed E-state index contributed by atoms with van der Waals surface area (Å²) in [4.78, 5) is 21.3. The van der Waals surface area contributed by atoms with Gasteiger partial charge in [0.2, 0.25) is 5.91 Å². The minimum absolute atomic E-state index is 0.0566. The average Bonchev–Trinajstić information content (AvgIpc) is 2.91. The molecule has 0 saturated heterocycles. The highest BCUT2D eigenvalue weighted by molar-refractivity contribution is 7.15. The topological polar surface area (TPSA) is 62.5 Å². The second kappa shape index (κ2) is 7.38. The van der Waals surface area contributed by atoms with Crippen molar-refractivity contribution in [2.24, 2.45) is 0 Å². The molecule has 2 aromatic rings. The van der Waals surface area contributed by atoms with Gasteiger partial charge >= 0.3 is 0 Å². The van der Waals surface area contributed by atoms with E-state index < -0.39 is 0 Å². The lowest BCUT2D eigenvalue weighted by molar-refractivity contribution is -0.132. The van der Waals surface area contributed by atoms with E-state index in [4.69, 9.17) is 5.73 Å². The number of benzene rings is 1. The summed E-state index contributed by atoms with van der Waals surface area (Å²) < 4.78 is 0. The Morgan fingerprint density at radius 2 is 2.00 bits per heavy atom. The molecule has 0 spiro atoms. The highest BCUT2D eigenvalue weighted by Crippen LogP contribution is 2.19. The lowest BCUT2D eigenvalue weighted by atomic mass is 10.1. The number of nitrogen functional groups attached to an aromatic ring is 1. The van der Waals surface area contributed by atoms with Gasteiger partial charge in [-0.3, -0.25) is 9.69 Å². The van der Waals surface area contributed by atoms with E-state index >= 15 is 0 Å². The fraction of sp³-hybridized carbons (Fsp3) is 0.375. The quantitative estimate of drug-likeness (QED) is 0.888. The van der Waals surface area contributed by atoms with Gasteiger partial charge in [0.15, 0.2) is 5.13 Å². The summed E-state index contributed by atoms with van der Waals surface area (Å²) in [5.41, 5.74) is 6.76. The zero-order valence-electron chi connectivity index (χ0n) is 13.2. The minimum Gasteiger partial charge on any atom is -0.375 e. The van der Waals surface area contributed by atoms with Gasteiger partial charge in [-0.2, -0.15) is 0 Å². The van der Waals surface area contributed by atoms with Gasteiger partial charge in [0.05, 0.1) is 12.6 Å². The van der Waals surface area contributed by atoms with Crippen molar-refractivity contribution >= 4 is 22.4 Å². The number of thiazole rings is 1. The van der Waals surface area contributed by atoms with Crippen LogP contribution in [0.2, 0.25) is 0 Å². The Hall–Kier alpha value is -1.92. The Balaban J connectivity index is 1.90. The van der Waals surface area contributed by atoms with Crippen LogP contribution in [0.5, 0.6) is 0 Å². The van der Waals surface area contributed by atoms with Gasteiger partial charge in [-0.05, 0) is 19.5 Å². The van der Waals surface area contributed by atoms with Gasteiger partial charge in [0.25, 0.3) is 0 Å². The molecule has 1 heterocycles. The molecule has 1 atom stereocenters. The smallest absolute Gasteiger partial charge is 0.236 e. The number of amides is 1. The third kappa shape index (κ3) is 4.29. The first kappa shape index (κ1) is 16.5. The van der Waals surface area contributed by atoms with Gasteiger partial charge < -0.3 is 10.6 Å². The lowest BCUT2D eigenvalue weighted by Gasteiger charge is -2.27.